The van der Waals surface area contributed by atoms with Gasteiger partial charge in [-0.05, 0) is 25.2 Å². The summed E-state index contributed by atoms with van der Waals surface area (Å²) in [5.74, 6) is 0.976. The van der Waals surface area contributed by atoms with Gasteiger partial charge in [-0.25, -0.2) is 0 Å². The van der Waals surface area contributed by atoms with Crippen LogP contribution in [0.2, 0.25) is 13.1 Å². The summed E-state index contributed by atoms with van der Waals surface area (Å²) in [5.41, 5.74) is 0. The molecule has 0 aromatic heterocycles. The molecule has 0 atom stereocenters. The van der Waals surface area contributed by atoms with Crippen molar-refractivity contribution in [2.45, 2.75) is 18.0 Å². The van der Waals surface area contributed by atoms with E-state index in [1.54, 1.807) is 7.11 Å². The van der Waals surface area contributed by atoms with Gasteiger partial charge in [0.15, 0.2) is 0 Å². The molecule has 0 saturated carbocycles. The van der Waals surface area contributed by atoms with E-state index >= 15 is 0 Å². The predicted octanol–water partition coefficient (Wildman–Crippen LogP) is 3.14. The lowest BCUT2D eigenvalue weighted by Crippen LogP contribution is -2.34. The van der Waals surface area contributed by atoms with Crippen LogP contribution in [0.4, 0.5) is 0 Å². The Morgan fingerprint density at radius 1 is 1.20 bits per heavy atom. The van der Waals surface area contributed by atoms with Gasteiger partial charge < -0.3 is 8.85 Å². The van der Waals surface area contributed by atoms with Crippen LogP contribution in [0, 0.1) is 0 Å². The molecular weight excluding hydrogens is 224 g/mol. The van der Waals surface area contributed by atoms with E-state index in [-0.39, 0.29) is 0 Å². The molecule has 4 heteroatoms. The summed E-state index contributed by atoms with van der Waals surface area (Å²) < 4.78 is 11.0. The third-order valence-corrected chi connectivity index (χ3v) is 4.90. The van der Waals surface area contributed by atoms with Gasteiger partial charge in [0.25, 0.3) is 0 Å². The molecule has 15 heavy (non-hydrogen) atoms. The SMILES string of the molecule is CO[Si](C)(C)OCCSc1ccccc1. The first kappa shape index (κ1) is 12.8. The fourth-order valence-electron chi connectivity index (χ4n) is 1.02. The average molecular weight is 242 g/mol. The Morgan fingerprint density at radius 3 is 2.47 bits per heavy atom. The molecule has 84 valence electrons. The molecule has 0 fully saturated rings. The first-order chi connectivity index (χ1) is 7.14. The van der Waals surface area contributed by atoms with Crippen molar-refractivity contribution < 1.29 is 8.85 Å². The van der Waals surface area contributed by atoms with Crippen LogP contribution >= 0.6 is 11.8 Å². The summed E-state index contributed by atoms with van der Waals surface area (Å²) >= 11 is 1.81. The lowest BCUT2D eigenvalue weighted by molar-refractivity contribution is 0.224. The van der Waals surface area contributed by atoms with Crippen LogP contribution in [0.1, 0.15) is 0 Å². The Kier molecular flexibility index (Phi) is 5.39. The molecule has 0 radical (unpaired) electrons. The van der Waals surface area contributed by atoms with Crippen molar-refractivity contribution in [2.24, 2.45) is 0 Å². The zero-order valence-corrected chi connectivity index (χ0v) is 11.3. The quantitative estimate of drug-likeness (QED) is 0.434. The van der Waals surface area contributed by atoms with Gasteiger partial charge in [0.1, 0.15) is 0 Å². The molecule has 1 rings (SSSR count). The average Bonchev–Trinajstić information content (AvgIpc) is 2.26. The molecule has 2 nitrogen and oxygen atoms in total. The van der Waals surface area contributed by atoms with Crippen molar-refractivity contribution in [3.63, 3.8) is 0 Å². The minimum Gasteiger partial charge on any atom is -0.398 e. The third-order valence-electron chi connectivity index (χ3n) is 2.04. The molecule has 1 aromatic carbocycles. The van der Waals surface area contributed by atoms with Gasteiger partial charge in [0, 0.05) is 24.4 Å². The predicted molar refractivity (Wildman–Crippen MR) is 67.6 cm³/mol. The highest BCUT2D eigenvalue weighted by Crippen LogP contribution is 2.17. The van der Waals surface area contributed by atoms with Gasteiger partial charge in [-0.1, -0.05) is 18.2 Å². The minimum absolute atomic E-state index is 0.757. The van der Waals surface area contributed by atoms with Crippen molar-refractivity contribution in [3.05, 3.63) is 30.3 Å². The number of benzene rings is 1. The van der Waals surface area contributed by atoms with Gasteiger partial charge in [0.05, 0.1) is 0 Å². The molecule has 1 aromatic rings. The zero-order valence-electron chi connectivity index (χ0n) is 9.53. The summed E-state index contributed by atoms with van der Waals surface area (Å²) in [5, 5.41) is 0. The molecule has 0 aliphatic carbocycles. The van der Waals surface area contributed by atoms with E-state index in [0.29, 0.717) is 0 Å². The molecule has 0 heterocycles. The molecule has 0 N–H and O–H groups in total. The second-order valence-electron chi connectivity index (χ2n) is 3.61. The minimum atomic E-state index is -1.83. The van der Waals surface area contributed by atoms with Crippen LogP contribution in [-0.2, 0) is 8.85 Å². The highest BCUT2D eigenvalue weighted by atomic mass is 32.2. The number of rotatable bonds is 6. The molecule has 0 unspecified atom stereocenters. The Morgan fingerprint density at radius 2 is 1.87 bits per heavy atom. The molecule has 0 amide bonds. The van der Waals surface area contributed by atoms with Crippen LogP contribution in [0.3, 0.4) is 0 Å². The van der Waals surface area contributed by atoms with Crippen molar-refractivity contribution in [2.75, 3.05) is 19.5 Å². The van der Waals surface area contributed by atoms with Gasteiger partial charge >= 0.3 is 8.56 Å². The van der Waals surface area contributed by atoms with Crippen LogP contribution in [0.25, 0.3) is 0 Å². The van der Waals surface area contributed by atoms with E-state index in [4.69, 9.17) is 8.85 Å². The topological polar surface area (TPSA) is 18.5 Å². The monoisotopic (exact) mass is 242 g/mol. The van der Waals surface area contributed by atoms with E-state index in [1.807, 2.05) is 17.8 Å². The Bertz CT molecular complexity index is 277. The second kappa shape index (κ2) is 6.32. The molecule has 0 spiro atoms. The standard InChI is InChI=1S/C11H18O2SSi/c1-12-15(2,3)13-9-10-14-11-7-5-4-6-8-11/h4-8H,9-10H2,1-3H3. The summed E-state index contributed by atoms with van der Waals surface area (Å²) in [6, 6.07) is 10.4. The Balaban J connectivity index is 2.18. The summed E-state index contributed by atoms with van der Waals surface area (Å²) in [6.45, 7) is 4.87. The van der Waals surface area contributed by atoms with Crippen LogP contribution in [-0.4, -0.2) is 28.0 Å². The molecule has 0 bridgehead atoms. The second-order valence-corrected chi connectivity index (χ2v) is 8.28. The Hall–Kier alpha value is -0.293. The highest BCUT2D eigenvalue weighted by Gasteiger charge is 2.21. The fourth-order valence-corrected chi connectivity index (χ4v) is 2.63. The third kappa shape index (κ3) is 5.37. The summed E-state index contributed by atoms with van der Waals surface area (Å²) in [6.07, 6.45) is 0. The smallest absolute Gasteiger partial charge is 0.331 e. The van der Waals surface area contributed by atoms with Gasteiger partial charge in [0.2, 0.25) is 0 Å². The van der Waals surface area contributed by atoms with E-state index in [0.717, 1.165) is 12.4 Å². The number of hydrogen-bond acceptors (Lipinski definition) is 3. The van der Waals surface area contributed by atoms with Crippen LogP contribution in [0.15, 0.2) is 35.2 Å². The summed E-state index contributed by atoms with van der Waals surface area (Å²) in [7, 11) is -0.110. The van der Waals surface area contributed by atoms with E-state index < -0.39 is 8.56 Å². The summed E-state index contributed by atoms with van der Waals surface area (Å²) in [4.78, 5) is 1.29. The normalized spacial score (nSPS) is 11.7. The van der Waals surface area contributed by atoms with E-state index in [1.165, 1.54) is 4.90 Å². The lowest BCUT2D eigenvalue weighted by atomic mass is 10.4. The first-order valence-corrected chi connectivity index (χ1v) is 8.81. The highest BCUT2D eigenvalue weighted by molar-refractivity contribution is 7.99. The van der Waals surface area contributed by atoms with Gasteiger partial charge in [-0.2, -0.15) is 0 Å². The maximum atomic E-state index is 5.70. The van der Waals surface area contributed by atoms with Crippen molar-refractivity contribution >= 4 is 20.3 Å². The molecular formula is C11H18O2SSi. The van der Waals surface area contributed by atoms with Crippen LogP contribution in [0.5, 0.6) is 0 Å². The lowest BCUT2D eigenvalue weighted by Gasteiger charge is -2.19. The maximum absolute atomic E-state index is 5.70. The maximum Gasteiger partial charge on any atom is 0.331 e. The fraction of sp³-hybridized carbons (Fsp3) is 0.455. The molecule has 0 aliphatic heterocycles. The number of hydrogen-bond donors (Lipinski definition) is 0. The van der Waals surface area contributed by atoms with E-state index in [2.05, 4.69) is 37.4 Å². The first-order valence-electron chi connectivity index (χ1n) is 5.01. The zero-order chi connectivity index (χ0) is 11.1. The molecule has 0 saturated heterocycles. The van der Waals surface area contributed by atoms with Crippen molar-refractivity contribution in [1.29, 1.82) is 0 Å². The van der Waals surface area contributed by atoms with E-state index in [9.17, 15) is 0 Å². The molecule has 0 aliphatic rings. The van der Waals surface area contributed by atoms with Crippen molar-refractivity contribution in [3.8, 4) is 0 Å². The van der Waals surface area contributed by atoms with Crippen LogP contribution < -0.4 is 0 Å². The van der Waals surface area contributed by atoms with Crippen molar-refractivity contribution in [1.82, 2.24) is 0 Å². The number of thioether (sulfide) groups is 1. The van der Waals surface area contributed by atoms with Gasteiger partial charge in [-0.15, -0.1) is 11.8 Å². The largest absolute Gasteiger partial charge is 0.398 e. The Labute approximate surface area is 97.2 Å². The van der Waals surface area contributed by atoms with Gasteiger partial charge in [-0.3, -0.25) is 0 Å².